The van der Waals surface area contributed by atoms with Gasteiger partial charge in [0, 0.05) is 6.92 Å². The number of hydrogen-bond donors (Lipinski definition) is 2. The van der Waals surface area contributed by atoms with E-state index in [1.54, 1.807) is 13.8 Å². The van der Waals surface area contributed by atoms with Crippen molar-refractivity contribution in [3.63, 3.8) is 0 Å². The van der Waals surface area contributed by atoms with Crippen LogP contribution in [0.5, 0.6) is 0 Å². The van der Waals surface area contributed by atoms with Crippen molar-refractivity contribution in [3.8, 4) is 0 Å². The summed E-state index contributed by atoms with van der Waals surface area (Å²) in [7, 11) is 0. The molecule has 0 saturated heterocycles. The van der Waals surface area contributed by atoms with Gasteiger partial charge in [0.15, 0.2) is 0 Å². The molecule has 0 rings (SSSR count). The van der Waals surface area contributed by atoms with Gasteiger partial charge in [-0.1, -0.05) is 27.7 Å². The van der Waals surface area contributed by atoms with Crippen LogP contribution in [0.1, 0.15) is 61.3 Å². The van der Waals surface area contributed by atoms with Crippen LogP contribution in [-0.4, -0.2) is 36.0 Å². The fourth-order valence-corrected chi connectivity index (χ4v) is 2.22. The zero-order valence-electron chi connectivity index (χ0n) is 15.4. The Bertz CT molecular complexity index is 405. The molecule has 2 atom stereocenters. The second-order valence-electron chi connectivity index (χ2n) is 7.06. The summed E-state index contributed by atoms with van der Waals surface area (Å²) in [6.45, 7) is 12.8. The van der Waals surface area contributed by atoms with Crippen LogP contribution in [0.3, 0.4) is 0 Å². The minimum atomic E-state index is -0.701. The molecule has 0 aromatic rings. The monoisotopic (exact) mass is 328 g/mol. The van der Waals surface area contributed by atoms with Crippen molar-refractivity contribution in [3.05, 3.63) is 0 Å². The Labute approximate surface area is 139 Å². The van der Waals surface area contributed by atoms with E-state index in [0.717, 1.165) is 0 Å². The third-order valence-corrected chi connectivity index (χ3v) is 3.06. The van der Waals surface area contributed by atoms with E-state index in [2.05, 4.69) is 10.6 Å². The van der Waals surface area contributed by atoms with E-state index in [1.165, 1.54) is 6.92 Å². The Hall–Kier alpha value is -1.59. The van der Waals surface area contributed by atoms with Crippen LogP contribution < -0.4 is 10.6 Å². The molecule has 0 fully saturated rings. The highest BCUT2D eigenvalue weighted by atomic mass is 16.5. The molecular formula is C17H32N2O4. The van der Waals surface area contributed by atoms with Crippen LogP contribution in [0, 0.1) is 11.8 Å². The number of rotatable bonds is 9. The van der Waals surface area contributed by atoms with Gasteiger partial charge in [0.2, 0.25) is 11.8 Å². The molecule has 0 heterocycles. The first-order chi connectivity index (χ1) is 10.5. The molecule has 0 saturated carbocycles. The van der Waals surface area contributed by atoms with Crippen molar-refractivity contribution in [1.82, 2.24) is 10.6 Å². The highest BCUT2D eigenvalue weighted by Crippen LogP contribution is 2.10. The van der Waals surface area contributed by atoms with Gasteiger partial charge in [0.05, 0.1) is 6.10 Å². The zero-order chi connectivity index (χ0) is 18.2. The Morgan fingerprint density at radius 3 is 1.70 bits per heavy atom. The summed E-state index contributed by atoms with van der Waals surface area (Å²) < 4.78 is 5.22. The summed E-state index contributed by atoms with van der Waals surface area (Å²) in [5.74, 6) is -0.586. The van der Waals surface area contributed by atoms with E-state index >= 15 is 0 Å². The maximum absolute atomic E-state index is 12.5. The molecule has 0 spiro atoms. The molecular weight excluding hydrogens is 296 g/mol. The van der Waals surface area contributed by atoms with Crippen molar-refractivity contribution in [2.24, 2.45) is 11.8 Å². The number of esters is 1. The van der Waals surface area contributed by atoms with Gasteiger partial charge in [0.1, 0.15) is 12.1 Å². The highest BCUT2D eigenvalue weighted by Gasteiger charge is 2.28. The zero-order valence-corrected chi connectivity index (χ0v) is 15.4. The standard InChI is InChI=1S/C17H32N2O4/c1-10(2)8-14(18-13(7)20)16(21)19-15(9-11(3)4)17(22)23-12(5)6/h10-12,14-15H,8-9H2,1-7H3,(H,18,20)(H,19,21)/t14-,15-/m0/s1. The lowest BCUT2D eigenvalue weighted by Crippen LogP contribution is -2.52. The Kier molecular flexibility index (Phi) is 9.53. The second kappa shape index (κ2) is 10.2. The fraction of sp³-hybridized carbons (Fsp3) is 0.824. The van der Waals surface area contributed by atoms with Gasteiger partial charge in [-0.15, -0.1) is 0 Å². The van der Waals surface area contributed by atoms with Crippen LogP contribution in [-0.2, 0) is 19.1 Å². The van der Waals surface area contributed by atoms with Gasteiger partial charge in [-0.3, -0.25) is 9.59 Å². The predicted molar refractivity (Wildman–Crippen MR) is 89.7 cm³/mol. The summed E-state index contributed by atoms with van der Waals surface area (Å²) >= 11 is 0. The second-order valence-corrected chi connectivity index (χ2v) is 7.06. The van der Waals surface area contributed by atoms with Crippen molar-refractivity contribution in [2.75, 3.05) is 0 Å². The minimum Gasteiger partial charge on any atom is -0.461 e. The molecule has 0 radical (unpaired) electrons. The highest BCUT2D eigenvalue weighted by molar-refractivity contribution is 5.90. The first-order valence-electron chi connectivity index (χ1n) is 8.30. The third-order valence-electron chi connectivity index (χ3n) is 3.06. The maximum atomic E-state index is 12.5. The third kappa shape index (κ3) is 9.92. The normalized spacial score (nSPS) is 13.8. The van der Waals surface area contributed by atoms with Gasteiger partial charge in [0.25, 0.3) is 0 Å². The average molecular weight is 328 g/mol. The number of amides is 2. The smallest absolute Gasteiger partial charge is 0.328 e. The number of carbonyl (C=O) groups excluding carboxylic acids is 3. The summed E-state index contributed by atoms with van der Waals surface area (Å²) in [6, 6.07) is -1.35. The van der Waals surface area contributed by atoms with Crippen LogP contribution >= 0.6 is 0 Å². The van der Waals surface area contributed by atoms with Gasteiger partial charge < -0.3 is 15.4 Å². The summed E-state index contributed by atoms with van der Waals surface area (Å²) in [5.41, 5.74) is 0. The Balaban J connectivity index is 5.00. The van der Waals surface area contributed by atoms with E-state index in [9.17, 15) is 14.4 Å². The molecule has 0 aromatic carbocycles. The van der Waals surface area contributed by atoms with E-state index < -0.39 is 18.1 Å². The number of carbonyl (C=O) groups is 3. The van der Waals surface area contributed by atoms with Crippen molar-refractivity contribution in [2.45, 2.75) is 79.5 Å². The molecule has 6 heteroatoms. The lowest BCUT2D eigenvalue weighted by Gasteiger charge is -2.24. The first-order valence-corrected chi connectivity index (χ1v) is 8.30. The van der Waals surface area contributed by atoms with Gasteiger partial charge >= 0.3 is 5.97 Å². The molecule has 134 valence electrons. The van der Waals surface area contributed by atoms with Crippen LogP contribution in [0.15, 0.2) is 0 Å². The van der Waals surface area contributed by atoms with E-state index in [1.807, 2.05) is 27.7 Å². The molecule has 6 nitrogen and oxygen atoms in total. The molecule has 0 aliphatic rings. The Morgan fingerprint density at radius 2 is 1.30 bits per heavy atom. The molecule has 2 amide bonds. The molecule has 0 aromatic heterocycles. The average Bonchev–Trinajstić information content (AvgIpc) is 2.34. The SMILES string of the molecule is CC(=O)N[C@@H](CC(C)C)C(=O)N[C@@H](CC(C)C)C(=O)OC(C)C. The number of hydrogen-bond acceptors (Lipinski definition) is 4. The molecule has 0 aliphatic carbocycles. The first kappa shape index (κ1) is 21.4. The van der Waals surface area contributed by atoms with E-state index in [-0.39, 0.29) is 29.8 Å². The molecule has 2 N–H and O–H groups in total. The van der Waals surface area contributed by atoms with Crippen molar-refractivity contribution >= 4 is 17.8 Å². The van der Waals surface area contributed by atoms with Crippen molar-refractivity contribution < 1.29 is 19.1 Å². The minimum absolute atomic E-state index is 0.226. The topological polar surface area (TPSA) is 84.5 Å². The Morgan fingerprint density at radius 1 is 0.826 bits per heavy atom. The summed E-state index contributed by atoms with van der Waals surface area (Å²) in [4.78, 5) is 35.9. The maximum Gasteiger partial charge on any atom is 0.328 e. The van der Waals surface area contributed by atoms with Crippen LogP contribution in [0.25, 0.3) is 0 Å². The summed E-state index contributed by atoms with van der Waals surface area (Å²) in [6.07, 6.45) is 0.765. The predicted octanol–water partition coefficient (Wildman–Crippen LogP) is 2.02. The number of nitrogens with one attached hydrogen (secondary N) is 2. The number of ether oxygens (including phenoxy) is 1. The van der Waals surface area contributed by atoms with Gasteiger partial charge in [-0.05, 0) is 38.5 Å². The van der Waals surface area contributed by atoms with Gasteiger partial charge in [-0.2, -0.15) is 0 Å². The molecule has 0 aliphatic heterocycles. The van der Waals surface area contributed by atoms with E-state index in [0.29, 0.717) is 12.8 Å². The molecule has 0 bridgehead atoms. The lowest BCUT2D eigenvalue weighted by atomic mass is 10.0. The van der Waals surface area contributed by atoms with Crippen molar-refractivity contribution in [1.29, 1.82) is 0 Å². The molecule has 23 heavy (non-hydrogen) atoms. The quantitative estimate of drug-likeness (QED) is 0.634. The van der Waals surface area contributed by atoms with Gasteiger partial charge in [-0.25, -0.2) is 4.79 Å². The van der Waals surface area contributed by atoms with Crippen LogP contribution in [0.4, 0.5) is 0 Å². The van der Waals surface area contributed by atoms with E-state index in [4.69, 9.17) is 4.74 Å². The fourth-order valence-electron chi connectivity index (χ4n) is 2.22. The molecule has 0 unspecified atom stereocenters. The largest absolute Gasteiger partial charge is 0.461 e. The lowest BCUT2D eigenvalue weighted by molar-refractivity contribution is -0.152. The van der Waals surface area contributed by atoms with Crippen LogP contribution in [0.2, 0.25) is 0 Å². The summed E-state index contributed by atoms with van der Waals surface area (Å²) in [5, 5.41) is 5.38.